The molecule has 0 aliphatic heterocycles. The summed E-state index contributed by atoms with van der Waals surface area (Å²) in [7, 11) is -4.61. The Bertz CT molecular complexity index is 1250. The molecule has 0 spiro atoms. The van der Waals surface area contributed by atoms with Crippen molar-refractivity contribution in [3.05, 3.63) is 65.0 Å². The Morgan fingerprint density at radius 2 is 1.54 bits per heavy atom. The van der Waals surface area contributed by atoms with Crippen LogP contribution < -0.4 is 5.63 Å². The molecule has 0 unspecified atom stereocenters. The van der Waals surface area contributed by atoms with Gasteiger partial charge in [-0.1, -0.05) is 30.3 Å². The Morgan fingerprint density at radius 1 is 0.875 bits per heavy atom. The molecule has 24 heavy (non-hydrogen) atoms. The first-order valence-corrected chi connectivity index (χ1v) is 8.41. The van der Waals surface area contributed by atoms with Crippen LogP contribution in [0.1, 0.15) is 0 Å². The fourth-order valence-electron chi connectivity index (χ4n) is 2.68. The molecule has 120 valence electrons. The minimum absolute atomic E-state index is 0.0717. The molecule has 6 nitrogen and oxygen atoms in total. The molecular weight excluding hydrogens is 332 g/mol. The Morgan fingerprint density at radius 3 is 2.29 bits per heavy atom. The van der Waals surface area contributed by atoms with Crippen LogP contribution in [0.2, 0.25) is 0 Å². The lowest BCUT2D eigenvalue weighted by Gasteiger charge is -2.01. The summed E-state index contributed by atoms with van der Waals surface area (Å²) in [6.07, 6.45) is 0. The van der Waals surface area contributed by atoms with Gasteiger partial charge in [0, 0.05) is 10.8 Å². The summed E-state index contributed by atoms with van der Waals surface area (Å²) < 4.78 is 44.0. The van der Waals surface area contributed by atoms with E-state index in [0.29, 0.717) is 11.0 Å². The van der Waals surface area contributed by atoms with Gasteiger partial charge in [-0.25, -0.2) is 4.79 Å². The van der Waals surface area contributed by atoms with Crippen molar-refractivity contribution in [3.8, 4) is 11.3 Å². The lowest BCUT2D eigenvalue weighted by molar-refractivity contribution is 0.482. The Kier molecular flexibility index (Phi) is 3.09. The number of fused-ring (bicyclic) bond motifs is 2. The molecule has 0 aliphatic carbocycles. The van der Waals surface area contributed by atoms with Crippen LogP contribution in [-0.2, 0) is 10.1 Å². The van der Waals surface area contributed by atoms with E-state index in [1.165, 1.54) is 12.1 Å². The molecule has 1 N–H and O–H groups in total. The van der Waals surface area contributed by atoms with Crippen molar-refractivity contribution < 1.29 is 21.8 Å². The van der Waals surface area contributed by atoms with Crippen LogP contribution in [0.3, 0.4) is 0 Å². The van der Waals surface area contributed by atoms with Crippen LogP contribution in [0, 0.1) is 0 Å². The summed E-state index contributed by atoms with van der Waals surface area (Å²) in [5, 5.41) is 0.802. The number of para-hydroxylation sites is 2. The van der Waals surface area contributed by atoms with Gasteiger partial charge in [-0.3, -0.25) is 4.55 Å². The van der Waals surface area contributed by atoms with Gasteiger partial charge in [-0.15, -0.1) is 0 Å². The summed E-state index contributed by atoms with van der Waals surface area (Å²) >= 11 is 0. The smallest absolute Gasteiger partial charge is 0.347 e. The molecule has 2 aromatic carbocycles. The molecule has 0 amide bonds. The fraction of sp³-hybridized carbons (Fsp3) is 0. The summed E-state index contributed by atoms with van der Waals surface area (Å²) in [4.78, 5) is 11.8. The Balaban J connectivity index is 2.14. The van der Waals surface area contributed by atoms with Crippen molar-refractivity contribution in [2.45, 2.75) is 4.90 Å². The predicted molar refractivity (Wildman–Crippen MR) is 87.5 cm³/mol. The van der Waals surface area contributed by atoms with Crippen molar-refractivity contribution in [1.29, 1.82) is 0 Å². The van der Waals surface area contributed by atoms with E-state index < -0.39 is 20.6 Å². The third kappa shape index (κ3) is 2.22. The summed E-state index contributed by atoms with van der Waals surface area (Å²) in [6.45, 7) is 0. The van der Waals surface area contributed by atoms with Gasteiger partial charge < -0.3 is 8.83 Å². The zero-order chi connectivity index (χ0) is 16.9. The highest BCUT2D eigenvalue weighted by Crippen LogP contribution is 2.36. The van der Waals surface area contributed by atoms with E-state index in [-0.39, 0.29) is 22.3 Å². The second kappa shape index (κ2) is 5.05. The maximum absolute atomic E-state index is 12.3. The molecule has 0 bridgehead atoms. The summed E-state index contributed by atoms with van der Waals surface area (Å²) in [6, 6.07) is 14.6. The highest BCUT2D eigenvalue weighted by Gasteiger charge is 2.27. The minimum atomic E-state index is -4.61. The monoisotopic (exact) mass is 342 g/mol. The lowest BCUT2D eigenvalue weighted by Crippen LogP contribution is -2.06. The SMILES string of the molecule is O=c1oc2ccccc2cc1-c1oc2ccccc2c1S(=O)(=O)O. The van der Waals surface area contributed by atoms with Gasteiger partial charge in [0.15, 0.2) is 5.76 Å². The maximum atomic E-state index is 12.3. The van der Waals surface area contributed by atoms with Crippen LogP contribution >= 0.6 is 0 Å². The largest absolute Gasteiger partial charge is 0.454 e. The van der Waals surface area contributed by atoms with Crippen molar-refractivity contribution in [1.82, 2.24) is 0 Å². The Hall–Kier alpha value is -2.90. The van der Waals surface area contributed by atoms with Gasteiger partial charge in [-0.05, 0) is 24.3 Å². The molecule has 2 heterocycles. The molecule has 0 atom stereocenters. The lowest BCUT2D eigenvalue weighted by atomic mass is 10.1. The molecule has 4 aromatic rings. The Labute approximate surface area is 135 Å². The van der Waals surface area contributed by atoms with E-state index in [4.69, 9.17) is 8.83 Å². The predicted octanol–water partition coefficient (Wildman–Crippen LogP) is 3.45. The van der Waals surface area contributed by atoms with Crippen molar-refractivity contribution in [2.75, 3.05) is 0 Å². The second-order valence-corrected chi connectivity index (χ2v) is 6.58. The first kappa shape index (κ1) is 14.7. The molecule has 2 aromatic heterocycles. The molecule has 0 aliphatic rings. The highest BCUT2D eigenvalue weighted by molar-refractivity contribution is 7.86. The topological polar surface area (TPSA) is 97.7 Å². The molecule has 0 fully saturated rings. The van der Waals surface area contributed by atoms with E-state index in [2.05, 4.69) is 0 Å². The van der Waals surface area contributed by atoms with Gasteiger partial charge in [0.1, 0.15) is 21.6 Å². The van der Waals surface area contributed by atoms with Gasteiger partial charge in [0.25, 0.3) is 10.1 Å². The van der Waals surface area contributed by atoms with E-state index in [1.54, 1.807) is 42.5 Å². The first-order valence-electron chi connectivity index (χ1n) is 6.97. The average Bonchev–Trinajstić information content (AvgIpc) is 2.93. The maximum Gasteiger partial charge on any atom is 0.347 e. The number of hydrogen-bond acceptors (Lipinski definition) is 5. The normalized spacial score (nSPS) is 12.0. The molecule has 0 radical (unpaired) electrons. The fourth-order valence-corrected chi connectivity index (χ4v) is 3.51. The standard InChI is InChI=1S/C17H10O6S/c18-17-12(9-10-5-1-3-7-13(10)23-17)15-16(24(19,20)21)11-6-2-4-8-14(11)22-15/h1-9H,(H,19,20,21). The zero-order valence-corrected chi connectivity index (χ0v) is 12.9. The van der Waals surface area contributed by atoms with Crippen LogP contribution in [0.4, 0.5) is 0 Å². The van der Waals surface area contributed by atoms with Crippen molar-refractivity contribution in [2.24, 2.45) is 0 Å². The van der Waals surface area contributed by atoms with E-state index in [0.717, 1.165) is 0 Å². The molecule has 0 saturated heterocycles. The van der Waals surface area contributed by atoms with Crippen LogP contribution in [0.15, 0.2) is 73.1 Å². The number of benzene rings is 2. The molecule has 4 rings (SSSR count). The number of rotatable bonds is 2. The first-order chi connectivity index (χ1) is 11.4. The third-order valence-corrected chi connectivity index (χ3v) is 4.62. The van der Waals surface area contributed by atoms with E-state index in [9.17, 15) is 17.8 Å². The van der Waals surface area contributed by atoms with Crippen molar-refractivity contribution >= 4 is 32.1 Å². The molecule has 7 heteroatoms. The number of hydrogen-bond donors (Lipinski definition) is 1. The van der Waals surface area contributed by atoms with Crippen molar-refractivity contribution in [3.63, 3.8) is 0 Å². The van der Waals surface area contributed by atoms with E-state index in [1.807, 2.05) is 0 Å². The molecule has 0 saturated carbocycles. The molecular formula is C17H10O6S. The second-order valence-electron chi connectivity index (χ2n) is 5.22. The van der Waals surface area contributed by atoms with E-state index >= 15 is 0 Å². The summed E-state index contributed by atoms with van der Waals surface area (Å²) in [5.74, 6) is -0.238. The van der Waals surface area contributed by atoms with Gasteiger partial charge in [-0.2, -0.15) is 8.42 Å². The zero-order valence-electron chi connectivity index (χ0n) is 12.1. The third-order valence-electron chi connectivity index (χ3n) is 3.69. The van der Waals surface area contributed by atoms with Gasteiger partial charge >= 0.3 is 5.63 Å². The quantitative estimate of drug-likeness (QED) is 0.442. The van der Waals surface area contributed by atoms with Crippen LogP contribution in [0.25, 0.3) is 33.3 Å². The van der Waals surface area contributed by atoms with Crippen LogP contribution in [-0.4, -0.2) is 13.0 Å². The van der Waals surface area contributed by atoms with Gasteiger partial charge in [0.05, 0.1) is 0 Å². The summed E-state index contributed by atoms with van der Waals surface area (Å²) in [5.41, 5.74) is -0.210. The minimum Gasteiger partial charge on any atom is -0.454 e. The average molecular weight is 342 g/mol. The van der Waals surface area contributed by atoms with Gasteiger partial charge in [0.2, 0.25) is 0 Å². The highest BCUT2D eigenvalue weighted by atomic mass is 32.2. The van der Waals surface area contributed by atoms with Crippen LogP contribution in [0.5, 0.6) is 0 Å². The number of furan rings is 1.